The predicted molar refractivity (Wildman–Crippen MR) is 117 cm³/mol. The fraction of sp³-hybridized carbons (Fsp3) is 0.391. The second kappa shape index (κ2) is 7.48. The van der Waals surface area contributed by atoms with Gasteiger partial charge in [-0.25, -0.2) is 4.98 Å². The van der Waals surface area contributed by atoms with Gasteiger partial charge in [-0.3, -0.25) is 9.36 Å². The molecule has 1 spiro atoms. The molecule has 3 aliphatic rings. The quantitative estimate of drug-likeness (QED) is 0.582. The molecule has 0 bridgehead atoms. The maximum Gasteiger partial charge on any atom is 0.315 e. The van der Waals surface area contributed by atoms with Crippen molar-refractivity contribution in [2.24, 2.45) is 5.41 Å². The Morgan fingerprint density at radius 2 is 1.94 bits per heavy atom. The van der Waals surface area contributed by atoms with Crippen molar-refractivity contribution < 1.29 is 13.6 Å². The molecule has 33 heavy (non-hydrogen) atoms. The van der Waals surface area contributed by atoms with Crippen molar-refractivity contribution in [3.8, 4) is 5.69 Å². The zero-order valence-electron chi connectivity index (χ0n) is 17.7. The molecule has 170 valence electrons. The van der Waals surface area contributed by atoms with Crippen molar-refractivity contribution in [1.29, 1.82) is 0 Å². The van der Waals surface area contributed by atoms with Gasteiger partial charge in [0, 0.05) is 42.2 Å². The van der Waals surface area contributed by atoms with Crippen molar-refractivity contribution in [3.63, 3.8) is 0 Å². The Kier molecular flexibility index (Phi) is 4.65. The van der Waals surface area contributed by atoms with Crippen LogP contribution in [0.5, 0.6) is 0 Å². The highest BCUT2D eigenvalue weighted by molar-refractivity contribution is 6.30. The standard InChI is InChI=1S/C23H21ClF2N6O/c24-16-4-5-17-14(7-16)10-30(22(33)20(25)26)11-19-28-29-21(32(17)19)15-8-23(9-15)12-31(13-23)18-3-1-2-6-27-18/h1-7,15,20H,8-13H2. The van der Waals surface area contributed by atoms with Crippen LogP contribution in [0.4, 0.5) is 14.6 Å². The minimum atomic E-state index is -3.08. The molecule has 1 saturated carbocycles. The van der Waals surface area contributed by atoms with E-state index in [1.807, 2.05) is 28.8 Å². The average Bonchev–Trinajstić information content (AvgIpc) is 3.07. The van der Waals surface area contributed by atoms with Crippen LogP contribution in [0.1, 0.15) is 36.0 Å². The van der Waals surface area contributed by atoms with E-state index in [2.05, 4.69) is 20.1 Å². The van der Waals surface area contributed by atoms with Gasteiger partial charge in [0.05, 0.1) is 12.2 Å². The number of carbonyl (C=O) groups is 1. The first kappa shape index (κ1) is 20.5. The Hall–Kier alpha value is -3.07. The summed E-state index contributed by atoms with van der Waals surface area (Å²) in [4.78, 5) is 20.0. The summed E-state index contributed by atoms with van der Waals surface area (Å²) < 4.78 is 28.3. The van der Waals surface area contributed by atoms with Gasteiger partial charge in [0.2, 0.25) is 0 Å². The molecule has 0 N–H and O–H groups in total. The van der Waals surface area contributed by atoms with Crippen LogP contribution in [0.15, 0.2) is 42.6 Å². The van der Waals surface area contributed by atoms with E-state index >= 15 is 0 Å². The number of benzene rings is 1. The number of hydrogen-bond donors (Lipinski definition) is 0. The normalized spacial score (nSPS) is 19.0. The van der Waals surface area contributed by atoms with E-state index in [-0.39, 0.29) is 24.4 Å². The summed E-state index contributed by atoms with van der Waals surface area (Å²) in [6, 6.07) is 11.3. The van der Waals surface area contributed by atoms with Crippen molar-refractivity contribution in [3.05, 3.63) is 64.8 Å². The first-order valence-electron chi connectivity index (χ1n) is 10.9. The van der Waals surface area contributed by atoms with Crippen molar-refractivity contribution >= 4 is 23.3 Å². The topological polar surface area (TPSA) is 67.2 Å². The van der Waals surface area contributed by atoms with Gasteiger partial charge in [-0.1, -0.05) is 17.7 Å². The lowest BCUT2D eigenvalue weighted by atomic mass is 9.57. The first-order valence-corrected chi connectivity index (χ1v) is 11.3. The molecule has 3 aromatic rings. The zero-order valence-corrected chi connectivity index (χ0v) is 18.4. The maximum atomic E-state index is 13.2. The minimum absolute atomic E-state index is 0.0200. The number of aromatic nitrogens is 4. The molecule has 7 nitrogen and oxygen atoms in total. The number of fused-ring (bicyclic) bond motifs is 3. The highest BCUT2D eigenvalue weighted by Gasteiger charge is 2.54. The predicted octanol–water partition coefficient (Wildman–Crippen LogP) is 3.81. The van der Waals surface area contributed by atoms with E-state index in [0.29, 0.717) is 16.4 Å². The van der Waals surface area contributed by atoms with Crippen LogP contribution in [-0.4, -0.2) is 50.1 Å². The monoisotopic (exact) mass is 470 g/mol. The summed E-state index contributed by atoms with van der Waals surface area (Å²) in [5.41, 5.74) is 1.75. The van der Waals surface area contributed by atoms with Crippen LogP contribution in [0.2, 0.25) is 5.02 Å². The molecule has 6 rings (SSSR count). The molecule has 1 amide bonds. The minimum Gasteiger partial charge on any atom is -0.355 e. The largest absolute Gasteiger partial charge is 0.355 e. The van der Waals surface area contributed by atoms with Crippen molar-refractivity contribution in [2.75, 3.05) is 18.0 Å². The molecule has 1 saturated heterocycles. The molecule has 2 aromatic heterocycles. The van der Waals surface area contributed by atoms with Gasteiger partial charge >= 0.3 is 6.43 Å². The number of anilines is 1. The van der Waals surface area contributed by atoms with Gasteiger partial charge in [0.15, 0.2) is 5.82 Å². The summed E-state index contributed by atoms with van der Waals surface area (Å²) in [7, 11) is 0. The summed E-state index contributed by atoms with van der Waals surface area (Å²) in [5.74, 6) is 1.31. The summed E-state index contributed by atoms with van der Waals surface area (Å²) in [5, 5.41) is 9.25. The summed E-state index contributed by atoms with van der Waals surface area (Å²) >= 11 is 6.19. The highest BCUT2D eigenvalue weighted by Crippen LogP contribution is 2.56. The molecule has 0 unspecified atom stereocenters. The highest BCUT2D eigenvalue weighted by atomic mass is 35.5. The molecule has 0 atom stereocenters. The smallest absolute Gasteiger partial charge is 0.315 e. The lowest BCUT2D eigenvalue weighted by Gasteiger charge is -2.59. The van der Waals surface area contributed by atoms with E-state index < -0.39 is 12.3 Å². The number of nitrogens with zero attached hydrogens (tertiary/aromatic N) is 6. The summed E-state index contributed by atoms with van der Waals surface area (Å²) in [6.07, 6.45) is 0.698. The molecule has 0 radical (unpaired) electrons. The average molecular weight is 471 g/mol. The van der Waals surface area contributed by atoms with E-state index in [0.717, 1.165) is 48.2 Å². The second-order valence-electron chi connectivity index (χ2n) is 9.23. The number of hydrogen-bond acceptors (Lipinski definition) is 5. The molecule has 1 aromatic carbocycles. The third kappa shape index (κ3) is 3.37. The van der Waals surface area contributed by atoms with E-state index in [4.69, 9.17) is 11.6 Å². The van der Waals surface area contributed by atoms with E-state index in [1.165, 1.54) is 0 Å². The van der Waals surface area contributed by atoms with Crippen LogP contribution in [0.25, 0.3) is 5.69 Å². The van der Waals surface area contributed by atoms with Crippen LogP contribution >= 0.6 is 11.6 Å². The van der Waals surface area contributed by atoms with Gasteiger partial charge in [-0.05, 0) is 48.7 Å². The number of amides is 1. The third-order valence-electron chi connectivity index (χ3n) is 6.98. The number of alkyl halides is 2. The van der Waals surface area contributed by atoms with Crippen LogP contribution in [0.3, 0.4) is 0 Å². The summed E-state index contributed by atoms with van der Waals surface area (Å²) in [6.45, 7) is 1.96. The number of carbonyl (C=O) groups excluding carboxylic acids is 1. The second-order valence-corrected chi connectivity index (χ2v) is 9.66. The van der Waals surface area contributed by atoms with Crippen LogP contribution in [0, 0.1) is 5.41 Å². The van der Waals surface area contributed by atoms with Crippen LogP contribution < -0.4 is 4.90 Å². The number of pyridine rings is 1. The van der Waals surface area contributed by atoms with Gasteiger partial charge in [-0.15, -0.1) is 10.2 Å². The fourth-order valence-electron chi connectivity index (χ4n) is 5.48. The molecule has 4 heterocycles. The Balaban J connectivity index is 1.27. The molecule has 10 heteroatoms. The first-order chi connectivity index (χ1) is 15.9. The van der Waals surface area contributed by atoms with Gasteiger partial charge < -0.3 is 9.80 Å². The Bertz CT molecular complexity index is 1220. The third-order valence-corrected chi connectivity index (χ3v) is 7.21. The van der Waals surface area contributed by atoms with Crippen LogP contribution in [-0.2, 0) is 17.9 Å². The van der Waals surface area contributed by atoms with Gasteiger partial charge in [-0.2, -0.15) is 8.78 Å². The SMILES string of the molecule is O=C(C(F)F)N1Cc2cc(Cl)ccc2-n2c(nnc2C2CC3(C2)CN(c2ccccn2)C3)C1. The molecule has 2 aliphatic heterocycles. The van der Waals surface area contributed by atoms with Crippen molar-refractivity contribution in [1.82, 2.24) is 24.6 Å². The number of halogens is 3. The number of rotatable bonds is 3. The Morgan fingerprint density at radius 3 is 2.67 bits per heavy atom. The fourth-order valence-corrected chi connectivity index (χ4v) is 5.67. The van der Waals surface area contributed by atoms with Crippen molar-refractivity contribution in [2.45, 2.75) is 38.3 Å². The molecule has 2 fully saturated rings. The Morgan fingerprint density at radius 1 is 1.12 bits per heavy atom. The zero-order chi connectivity index (χ0) is 22.7. The van der Waals surface area contributed by atoms with E-state index in [9.17, 15) is 13.6 Å². The van der Waals surface area contributed by atoms with Gasteiger partial charge in [0.25, 0.3) is 5.91 Å². The molecular formula is C23H21ClF2N6O. The lowest BCUT2D eigenvalue weighted by molar-refractivity contribution is -0.144. The van der Waals surface area contributed by atoms with Gasteiger partial charge in [0.1, 0.15) is 11.6 Å². The lowest BCUT2D eigenvalue weighted by Crippen LogP contribution is -2.62. The maximum absolute atomic E-state index is 13.2. The van der Waals surface area contributed by atoms with E-state index in [1.54, 1.807) is 18.3 Å². The molecular weight excluding hydrogens is 450 g/mol. The Labute approximate surface area is 194 Å². The molecule has 1 aliphatic carbocycles.